The van der Waals surface area contributed by atoms with Crippen molar-refractivity contribution in [2.45, 2.75) is 12.5 Å². The third kappa shape index (κ3) is 3.39. The highest BCUT2D eigenvalue weighted by atomic mass is 79.9. The zero-order valence-electron chi connectivity index (χ0n) is 11.4. The molecule has 3 heterocycles. The lowest BCUT2D eigenvalue weighted by atomic mass is 10.2. The van der Waals surface area contributed by atoms with Crippen LogP contribution in [0.2, 0.25) is 0 Å². The smallest absolute Gasteiger partial charge is 0.253 e. The average molecular weight is 347 g/mol. The van der Waals surface area contributed by atoms with Gasteiger partial charge in [0, 0.05) is 42.2 Å². The summed E-state index contributed by atoms with van der Waals surface area (Å²) < 4.78 is 0.804. The van der Waals surface area contributed by atoms with E-state index in [1.54, 1.807) is 24.7 Å². The van der Waals surface area contributed by atoms with Crippen molar-refractivity contribution in [1.82, 2.24) is 15.3 Å². The quantitative estimate of drug-likeness (QED) is 0.925. The second-order valence-electron chi connectivity index (χ2n) is 5.01. The normalized spacial score (nSPS) is 17.8. The molecule has 1 aliphatic rings. The van der Waals surface area contributed by atoms with Crippen LogP contribution in [-0.4, -0.2) is 35.0 Å². The molecule has 21 heavy (non-hydrogen) atoms. The molecule has 0 radical (unpaired) electrons. The third-order valence-corrected chi connectivity index (χ3v) is 3.94. The summed E-state index contributed by atoms with van der Waals surface area (Å²) in [7, 11) is 0. The van der Waals surface area contributed by atoms with E-state index in [0.717, 1.165) is 29.7 Å². The molecular weight excluding hydrogens is 332 g/mol. The number of rotatable bonds is 3. The molecule has 0 spiro atoms. The fraction of sp³-hybridized carbons (Fsp3) is 0.267. The van der Waals surface area contributed by atoms with Gasteiger partial charge in [-0.3, -0.25) is 14.8 Å². The van der Waals surface area contributed by atoms with Crippen molar-refractivity contribution in [3.05, 3.63) is 53.0 Å². The molecule has 0 saturated carbocycles. The van der Waals surface area contributed by atoms with Crippen molar-refractivity contribution in [3.63, 3.8) is 0 Å². The first-order valence-electron chi connectivity index (χ1n) is 6.79. The number of carbonyl (C=O) groups excluding carboxylic acids is 1. The molecule has 0 bridgehead atoms. The number of hydrogen-bond donors (Lipinski definition) is 1. The fourth-order valence-electron chi connectivity index (χ4n) is 2.46. The lowest BCUT2D eigenvalue weighted by Gasteiger charge is -2.18. The van der Waals surface area contributed by atoms with Crippen molar-refractivity contribution in [3.8, 4) is 0 Å². The zero-order valence-corrected chi connectivity index (χ0v) is 13.0. The molecular formula is C15H15BrN4O. The second-order valence-corrected chi connectivity index (χ2v) is 5.92. The Hall–Kier alpha value is -1.95. The molecule has 1 saturated heterocycles. The number of anilines is 1. The van der Waals surface area contributed by atoms with Crippen LogP contribution in [0.3, 0.4) is 0 Å². The molecule has 6 heteroatoms. The van der Waals surface area contributed by atoms with Gasteiger partial charge in [-0.15, -0.1) is 0 Å². The van der Waals surface area contributed by atoms with Gasteiger partial charge in [0.2, 0.25) is 0 Å². The van der Waals surface area contributed by atoms with Crippen LogP contribution in [0.15, 0.2) is 47.5 Å². The van der Waals surface area contributed by atoms with Crippen LogP contribution in [0.25, 0.3) is 0 Å². The Balaban J connectivity index is 1.61. The van der Waals surface area contributed by atoms with E-state index < -0.39 is 0 Å². The van der Waals surface area contributed by atoms with Crippen molar-refractivity contribution >= 4 is 27.5 Å². The van der Waals surface area contributed by atoms with Gasteiger partial charge in [0.15, 0.2) is 0 Å². The highest BCUT2D eigenvalue weighted by Crippen LogP contribution is 2.19. The molecule has 3 rings (SSSR count). The van der Waals surface area contributed by atoms with E-state index in [-0.39, 0.29) is 11.9 Å². The lowest BCUT2D eigenvalue weighted by Crippen LogP contribution is -2.37. The molecule has 108 valence electrons. The summed E-state index contributed by atoms with van der Waals surface area (Å²) in [6.07, 6.45) is 7.79. The first kappa shape index (κ1) is 14.0. The molecule has 2 aromatic rings. The van der Waals surface area contributed by atoms with E-state index in [9.17, 15) is 4.79 Å². The highest BCUT2D eigenvalue weighted by molar-refractivity contribution is 9.10. The number of halogens is 1. The molecule has 1 aliphatic heterocycles. The number of carbonyl (C=O) groups is 1. The van der Waals surface area contributed by atoms with E-state index in [4.69, 9.17) is 0 Å². The number of hydrogen-bond acceptors (Lipinski definition) is 4. The topological polar surface area (TPSA) is 58.1 Å². The molecule has 1 fully saturated rings. The Kier molecular flexibility index (Phi) is 4.15. The molecule has 2 aromatic heterocycles. The maximum atomic E-state index is 12.2. The van der Waals surface area contributed by atoms with Crippen LogP contribution >= 0.6 is 15.9 Å². The van der Waals surface area contributed by atoms with E-state index in [2.05, 4.69) is 36.1 Å². The Labute approximate surface area is 131 Å². The largest absolute Gasteiger partial charge is 0.368 e. The molecule has 1 atom stereocenters. The molecule has 5 nitrogen and oxygen atoms in total. The minimum atomic E-state index is -0.0816. The maximum Gasteiger partial charge on any atom is 0.253 e. The molecule has 0 aromatic carbocycles. The Bertz CT molecular complexity index is 635. The number of amides is 1. The lowest BCUT2D eigenvalue weighted by molar-refractivity contribution is 0.0940. The summed E-state index contributed by atoms with van der Waals surface area (Å²) in [6.45, 7) is 1.73. The fourth-order valence-corrected chi connectivity index (χ4v) is 2.82. The zero-order chi connectivity index (χ0) is 14.7. The number of aromatic nitrogens is 2. The summed E-state index contributed by atoms with van der Waals surface area (Å²) >= 11 is 3.33. The van der Waals surface area contributed by atoms with Crippen molar-refractivity contribution in [2.75, 3.05) is 18.0 Å². The summed E-state index contributed by atoms with van der Waals surface area (Å²) in [4.78, 5) is 22.6. The van der Waals surface area contributed by atoms with Gasteiger partial charge in [-0.1, -0.05) is 0 Å². The van der Waals surface area contributed by atoms with Crippen molar-refractivity contribution in [1.29, 1.82) is 0 Å². The predicted octanol–water partition coefficient (Wildman–Crippen LogP) is 2.25. The van der Waals surface area contributed by atoms with Crippen molar-refractivity contribution in [2.24, 2.45) is 0 Å². The first-order valence-corrected chi connectivity index (χ1v) is 7.58. The standard InChI is InChI=1S/C15H15BrN4O/c16-12-6-11(7-18-8-12)15(21)19-13-3-5-20(10-13)14-2-1-4-17-9-14/h1-2,4,6-9,13H,3,5,10H2,(H,19,21). The Morgan fingerprint density at radius 1 is 1.33 bits per heavy atom. The SMILES string of the molecule is O=C(NC1CCN(c2cccnc2)C1)c1cncc(Br)c1. The molecule has 1 unspecified atom stereocenters. The van der Waals surface area contributed by atoms with Gasteiger partial charge in [-0.05, 0) is 40.5 Å². The van der Waals surface area contributed by atoms with Crippen LogP contribution in [-0.2, 0) is 0 Å². The number of nitrogens with one attached hydrogen (secondary N) is 1. The first-order chi connectivity index (χ1) is 10.2. The monoisotopic (exact) mass is 346 g/mol. The molecule has 0 aliphatic carbocycles. The maximum absolute atomic E-state index is 12.2. The average Bonchev–Trinajstić information content (AvgIpc) is 2.97. The van der Waals surface area contributed by atoms with E-state index in [1.165, 1.54) is 0 Å². The predicted molar refractivity (Wildman–Crippen MR) is 84.3 cm³/mol. The van der Waals surface area contributed by atoms with Gasteiger partial charge in [-0.2, -0.15) is 0 Å². The van der Waals surface area contributed by atoms with Crippen molar-refractivity contribution < 1.29 is 4.79 Å². The van der Waals surface area contributed by atoms with Gasteiger partial charge < -0.3 is 10.2 Å². The van der Waals surface area contributed by atoms with E-state index in [1.807, 2.05) is 18.3 Å². The van der Waals surface area contributed by atoms with Crippen LogP contribution in [0, 0.1) is 0 Å². The van der Waals surface area contributed by atoms with Gasteiger partial charge in [-0.25, -0.2) is 0 Å². The van der Waals surface area contributed by atoms with E-state index in [0.29, 0.717) is 5.56 Å². The summed E-state index contributed by atoms with van der Waals surface area (Å²) in [5, 5.41) is 3.06. The Morgan fingerprint density at radius 2 is 2.24 bits per heavy atom. The van der Waals surface area contributed by atoms with Crippen LogP contribution < -0.4 is 10.2 Å². The van der Waals surface area contributed by atoms with Crippen LogP contribution in [0.4, 0.5) is 5.69 Å². The van der Waals surface area contributed by atoms with Gasteiger partial charge in [0.25, 0.3) is 5.91 Å². The summed E-state index contributed by atoms with van der Waals surface area (Å²) in [5.74, 6) is -0.0816. The van der Waals surface area contributed by atoms with Crippen LogP contribution in [0.5, 0.6) is 0 Å². The van der Waals surface area contributed by atoms with Gasteiger partial charge in [0.05, 0.1) is 17.4 Å². The summed E-state index contributed by atoms with van der Waals surface area (Å²) in [6, 6.07) is 5.89. The second kappa shape index (κ2) is 6.22. The summed E-state index contributed by atoms with van der Waals surface area (Å²) in [5.41, 5.74) is 1.67. The number of nitrogens with zero attached hydrogens (tertiary/aromatic N) is 3. The van der Waals surface area contributed by atoms with Crippen LogP contribution in [0.1, 0.15) is 16.8 Å². The molecule has 1 N–H and O–H groups in total. The highest BCUT2D eigenvalue weighted by Gasteiger charge is 2.24. The molecule has 1 amide bonds. The third-order valence-electron chi connectivity index (χ3n) is 3.50. The minimum Gasteiger partial charge on any atom is -0.368 e. The minimum absolute atomic E-state index is 0.0816. The van der Waals surface area contributed by atoms with E-state index >= 15 is 0 Å². The Morgan fingerprint density at radius 3 is 3.00 bits per heavy atom. The number of pyridine rings is 2. The van der Waals surface area contributed by atoms with Gasteiger partial charge in [0.1, 0.15) is 0 Å². The van der Waals surface area contributed by atoms with Gasteiger partial charge >= 0.3 is 0 Å².